The minimum Gasteiger partial charge on any atom is -0.358 e. The van der Waals surface area contributed by atoms with Crippen molar-refractivity contribution >= 4 is 47.7 Å². The van der Waals surface area contributed by atoms with E-state index in [-0.39, 0.29) is 32.5 Å². The average Bonchev–Trinajstić information content (AvgIpc) is 3.70. The normalized spacial score (nSPS) is 22.0. The summed E-state index contributed by atoms with van der Waals surface area (Å²) in [6.45, 7) is 4.94. The van der Waals surface area contributed by atoms with E-state index in [2.05, 4.69) is 60.6 Å². The summed E-state index contributed by atoms with van der Waals surface area (Å²) in [4.78, 5) is 33.5. The molecule has 0 unspecified atom stereocenters. The molecule has 2 amide bonds. The molecule has 0 spiro atoms. The Bertz CT molecular complexity index is 1310. The fraction of sp³-hybridized carbons (Fsp3) is 0.367. The molecule has 1 aromatic heterocycles. The van der Waals surface area contributed by atoms with Crippen molar-refractivity contribution in [1.29, 1.82) is 0 Å². The van der Waals surface area contributed by atoms with E-state index in [1.54, 1.807) is 0 Å². The second-order valence-corrected chi connectivity index (χ2v) is 12.8. The van der Waals surface area contributed by atoms with E-state index in [0.29, 0.717) is 12.6 Å². The van der Waals surface area contributed by atoms with E-state index in [1.807, 2.05) is 18.2 Å². The number of rotatable bonds is 6. The fourth-order valence-electron chi connectivity index (χ4n) is 5.74. The molecule has 2 saturated heterocycles. The number of aromatic amines is 1. The zero-order valence-corrected chi connectivity index (χ0v) is 23.2. The molecule has 0 radical (unpaired) electrons. The Morgan fingerprint density at radius 3 is 2.73 bits per heavy atom. The van der Waals surface area contributed by atoms with Gasteiger partial charge in [-0.15, -0.1) is 0 Å². The Morgan fingerprint density at radius 2 is 1.92 bits per heavy atom. The molecular formula is C30H33IN4O2. The smallest absolute Gasteiger partial charge is 0.254 e. The summed E-state index contributed by atoms with van der Waals surface area (Å²) in [5.74, 6) is 0.180. The van der Waals surface area contributed by atoms with Crippen LogP contribution in [0.5, 0.6) is 0 Å². The first-order chi connectivity index (χ1) is 18.1. The number of carbonyl (C=O) groups is 2. The molecule has 6 nitrogen and oxygen atoms in total. The number of nitrogens with one attached hydrogen (secondary N) is 2. The topological polar surface area (TPSA) is 68.4 Å². The van der Waals surface area contributed by atoms with Gasteiger partial charge in [0, 0.05) is 52.6 Å². The van der Waals surface area contributed by atoms with E-state index in [4.69, 9.17) is 0 Å². The van der Waals surface area contributed by atoms with Gasteiger partial charge in [-0.2, -0.15) is 0 Å². The van der Waals surface area contributed by atoms with Crippen molar-refractivity contribution in [3.8, 4) is 0 Å². The molecule has 192 valence electrons. The van der Waals surface area contributed by atoms with Crippen LogP contribution in [0.3, 0.4) is 0 Å². The molecule has 5 heterocycles. The summed E-state index contributed by atoms with van der Waals surface area (Å²) < 4.78 is 3.58. The molecule has 4 aliphatic rings. The number of amides is 2. The fourth-order valence-corrected chi connectivity index (χ4v) is 7.62. The maximum Gasteiger partial charge on any atom is 0.254 e. The highest BCUT2D eigenvalue weighted by molar-refractivity contribution is 14.2. The van der Waals surface area contributed by atoms with Gasteiger partial charge in [-0.05, 0) is 90.4 Å². The predicted molar refractivity (Wildman–Crippen MR) is 158 cm³/mol. The quantitative estimate of drug-likeness (QED) is 0.465. The SMILES string of the molecule is O=C1NCCc2[nH]c(C3=CC(/C=C/c4ccc(C(=O)N5CCC[C@@H]5CN5CCCC5)cc4)=IC=C3)cc21. The second kappa shape index (κ2) is 10.9. The van der Waals surface area contributed by atoms with Gasteiger partial charge in [0.2, 0.25) is 0 Å². The van der Waals surface area contributed by atoms with Gasteiger partial charge >= 0.3 is 0 Å². The second-order valence-electron chi connectivity index (χ2n) is 10.2. The number of halogens is 1. The molecule has 2 aromatic rings. The van der Waals surface area contributed by atoms with Crippen LogP contribution in [0.2, 0.25) is 0 Å². The van der Waals surface area contributed by atoms with Crippen LogP contribution in [0.15, 0.2) is 52.6 Å². The number of fused-ring (bicyclic) bond motifs is 1. The lowest BCUT2D eigenvalue weighted by molar-refractivity contribution is 0.0708. The molecule has 2 N–H and O–H groups in total. The molecule has 2 fully saturated rings. The Kier molecular flexibility index (Phi) is 7.24. The third kappa shape index (κ3) is 5.43. The molecule has 0 aliphatic carbocycles. The lowest BCUT2D eigenvalue weighted by Gasteiger charge is -2.28. The minimum absolute atomic E-state index is 0.00874. The lowest BCUT2D eigenvalue weighted by atomic mass is 10.1. The zero-order valence-electron chi connectivity index (χ0n) is 21.0. The van der Waals surface area contributed by atoms with Crippen LogP contribution in [0.4, 0.5) is 0 Å². The third-order valence-electron chi connectivity index (χ3n) is 7.74. The lowest BCUT2D eigenvalue weighted by Crippen LogP contribution is -2.42. The van der Waals surface area contributed by atoms with Crippen LogP contribution in [-0.2, 0) is 6.42 Å². The van der Waals surface area contributed by atoms with Gasteiger partial charge in [0.15, 0.2) is 0 Å². The van der Waals surface area contributed by atoms with Crippen LogP contribution in [-0.4, -0.2) is 68.9 Å². The summed E-state index contributed by atoms with van der Waals surface area (Å²) in [6, 6.07) is 10.4. The number of likely N-dealkylation sites (tertiary alicyclic amines) is 2. The summed E-state index contributed by atoms with van der Waals surface area (Å²) >= 11 is -0.194. The predicted octanol–water partition coefficient (Wildman–Crippen LogP) is 4.77. The number of hydrogen-bond donors (Lipinski definition) is 2. The summed E-state index contributed by atoms with van der Waals surface area (Å²) in [5, 5.41) is 2.91. The zero-order chi connectivity index (χ0) is 25.2. The van der Waals surface area contributed by atoms with Gasteiger partial charge in [0.1, 0.15) is 0 Å². The summed E-state index contributed by atoms with van der Waals surface area (Å²) in [6.07, 6.45) is 14.4. The maximum atomic E-state index is 13.3. The van der Waals surface area contributed by atoms with E-state index < -0.39 is 0 Å². The van der Waals surface area contributed by atoms with Crippen molar-refractivity contribution in [2.24, 2.45) is 0 Å². The molecule has 6 rings (SSSR count). The monoisotopic (exact) mass is 608 g/mol. The highest BCUT2D eigenvalue weighted by Crippen LogP contribution is 2.27. The van der Waals surface area contributed by atoms with Crippen molar-refractivity contribution in [3.63, 3.8) is 0 Å². The number of H-pyrrole nitrogens is 1. The Labute approximate surface area is 228 Å². The van der Waals surface area contributed by atoms with E-state index in [0.717, 1.165) is 66.0 Å². The van der Waals surface area contributed by atoms with Crippen molar-refractivity contribution < 1.29 is 9.59 Å². The molecule has 4 aliphatic heterocycles. The van der Waals surface area contributed by atoms with Gasteiger partial charge in [-0.25, -0.2) is 0 Å². The molecule has 1 atom stereocenters. The number of hydrogen-bond acceptors (Lipinski definition) is 3. The van der Waals surface area contributed by atoms with Gasteiger partial charge < -0.3 is 20.1 Å². The summed E-state index contributed by atoms with van der Waals surface area (Å²) in [5.41, 5.74) is 5.78. The van der Waals surface area contributed by atoms with E-state index in [9.17, 15) is 9.59 Å². The molecule has 0 bridgehead atoms. The van der Waals surface area contributed by atoms with Crippen LogP contribution < -0.4 is 5.32 Å². The first kappa shape index (κ1) is 24.6. The van der Waals surface area contributed by atoms with E-state index in [1.165, 1.54) is 29.4 Å². The maximum absolute atomic E-state index is 13.3. The minimum atomic E-state index is -0.194. The molecule has 37 heavy (non-hydrogen) atoms. The Balaban J connectivity index is 1.11. The highest BCUT2D eigenvalue weighted by Gasteiger charge is 2.31. The molecular weight excluding hydrogens is 575 g/mol. The average molecular weight is 609 g/mol. The molecule has 7 heteroatoms. The largest absolute Gasteiger partial charge is 0.358 e. The number of benzene rings is 1. The standard InChI is InChI=1S/C30H33IN4O2/c36-29-26-19-28(33-27(26)12-14-32-29)23-11-13-31-24(18-23)10-7-21-5-8-22(9-6-21)30(37)35-17-3-4-25(35)20-34-15-1-2-16-34/h5-11,13,18-19,25,33H,1-4,12,14-17,20H2,(H,32,36)/b10-7+/t25-/m1/s1. The van der Waals surface area contributed by atoms with Crippen LogP contribution >= 0.6 is 20.7 Å². The number of nitrogens with zero attached hydrogens (tertiary/aromatic N) is 2. The van der Waals surface area contributed by atoms with Gasteiger partial charge in [-0.3, -0.25) is 9.59 Å². The van der Waals surface area contributed by atoms with Crippen LogP contribution in [0.1, 0.15) is 63.4 Å². The van der Waals surface area contributed by atoms with Gasteiger partial charge in [-0.1, -0.05) is 38.9 Å². The van der Waals surface area contributed by atoms with Crippen LogP contribution in [0, 0.1) is 0 Å². The van der Waals surface area contributed by atoms with Crippen molar-refractivity contribution in [1.82, 2.24) is 20.1 Å². The molecule has 0 saturated carbocycles. The number of allylic oxidation sites excluding steroid dienone is 4. The molecule has 1 aromatic carbocycles. The van der Waals surface area contributed by atoms with Gasteiger partial charge in [0.05, 0.1) is 5.56 Å². The van der Waals surface area contributed by atoms with Crippen LogP contribution in [0.25, 0.3) is 11.6 Å². The first-order valence-electron chi connectivity index (χ1n) is 13.3. The first-order valence-corrected chi connectivity index (χ1v) is 15.7. The summed E-state index contributed by atoms with van der Waals surface area (Å²) in [7, 11) is 0. The third-order valence-corrected chi connectivity index (χ3v) is 9.85. The Morgan fingerprint density at radius 1 is 1.08 bits per heavy atom. The van der Waals surface area contributed by atoms with Crippen molar-refractivity contribution in [3.05, 3.63) is 80.7 Å². The van der Waals surface area contributed by atoms with Gasteiger partial charge in [0.25, 0.3) is 11.8 Å². The van der Waals surface area contributed by atoms with E-state index >= 15 is 0 Å². The number of carbonyl (C=O) groups excluding carboxylic acids is 2. The Hall–Kier alpha value is -2.78. The highest BCUT2D eigenvalue weighted by atomic mass is 127. The van der Waals surface area contributed by atoms with Crippen molar-refractivity contribution in [2.75, 3.05) is 32.7 Å². The number of aromatic nitrogens is 1. The van der Waals surface area contributed by atoms with Crippen molar-refractivity contribution in [2.45, 2.75) is 38.1 Å².